The summed E-state index contributed by atoms with van der Waals surface area (Å²) in [4.78, 5) is 17.7. The van der Waals surface area contributed by atoms with Gasteiger partial charge < -0.3 is 5.32 Å². The normalized spacial score (nSPS) is 14.5. The highest BCUT2D eigenvalue weighted by atomic mass is 32.2. The lowest BCUT2D eigenvalue weighted by molar-refractivity contribution is 0.102. The van der Waals surface area contributed by atoms with Crippen LogP contribution in [0.15, 0.2) is 108 Å². The second-order valence-corrected chi connectivity index (χ2v) is 11.5. The summed E-state index contributed by atoms with van der Waals surface area (Å²) < 4.78 is 40.7. The van der Waals surface area contributed by atoms with Gasteiger partial charge in [-0.3, -0.25) is 19.3 Å². The number of nitrogens with one attached hydrogen (secondary N) is 2. The summed E-state index contributed by atoms with van der Waals surface area (Å²) in [5, 5.41) is 2.81. The summed E-state index contributed by atoms with van der Waals surface area (Å²) in [5.74, 6) is -0.730. The highest BCUT2D eigenvalue weighted by Crippen LogP contribution is 2.20. The number of halogens is 1. The van der Waals surface area contributed by atoms with Gasteiger partial charge in [0.1, 0.15) is 5.82 Å². The topological polar surface area (TPSA) is 81.7 Å². The van der Waals surface area contributed by atoms with Crippen LogP contribution in [0, 0.1) is 5.82 Å². The molecule has 9 heteroatoms. The van der Waals surface area contributed by atoms with Gasteiger partial charge in [-0.2, -0.15) is 0 Å². The molecule has 7 nitrogen and oxygen atoms in total. The maximum absolute atomic E-state index is 13.1. The number of sulfonamides is 1. The van der Waals surface area contributed by atoms with Crippen LogP contribution in [-0.4, -0.2) is 50.3 Å². The lowest BCUT2D eigenvalue weighted by Crippen LogP contribution is -2.45. The molecule has 1 aliphatic heterocycles. The first kappa shape index (κ1) is 27.5. The van der Waals surface area contributed by atoms with Gasteiger partial charge in [-0.1, -0.05) is 42.5 Å². The van der Waals surface area contributed by atoms with Crippen molar-refractivity contribution in [3.8, 4) is 0 Å². The number of carbonyl (C=O) groups excluding carboxylic acids is 1. The van der Waals surface area contributed by atoms with Crippen molar-refractivity contribution in [3.05, 3.63) is 126 Å². The Morgan fingerprint density at radius 1 is 0.675 bits per heavy atom. The number of carbonyl (C=O) groups is 1. The summed E-state index contributed by atoms with van der Waals surface area (Å²) in [6.45, 7) is 5.86. The van der Waals surface area contributed by atoms with Crippen molar-refractivity contribution >= 4 is 27.3 Å². The number of benzene rings is 4. The van der Waals surface area contributed by atoms with Crippen LogP contribution in [0.2, 0.25) is 0 Å². The van der Waals surface area contributed by atoms with Gasteiger partial charge in [0.25, 0.3) is 15.9 Å². The molecule has 1 amide bonds. The first-order chi connectivity index (χ1) is 19.3. The van der Waals surface area contributed by atoms with Gasteiger partial charge in [0.05, 0.1) is 4.90 Å². The molecule has 5 rings (SSSR count). The first-order valence-corrected chi connectivity index (χ1v) is 14.6. The predicted octanol–water partition coefficient (Wildman–Crippen LogP) is 5.20. The van der Waals surface area contributed by atoms with E-state index in [1.807, 2.05) is 30.3 Å². The molecule has 0 bridgehead atoms. The molecule has 206 valence electrons. The van der Waals surface area contributed by atoms with E-state index in [-0.39, 0.29) is 16.5 Å². The van der Waals surface area contributed by atoms with Crippen molar-refractivity contribution in [2.75, 3.05) is 36.2 Å². The molecule has 0 aliphatic carbocycles. The molecule has 0 saturated carbocycles. The minimum atomic E-state index is -3.85. The second-order valence-electron chi connectivity index (χ2n) is 9.83. The SMILES string of the molecule is O=C(Nc1ccc(S(=O)(=O)Nc2ccc(F)cc2)cc1)c1ccc(CN2CCN(Cc3ccccc3)CC2)cc1. The quantitative estimate of drug-likeness (QED) is 0.295. The number of nitrogens with zero attached hydrogens (tertiary/aromatic N) is 2. The van der Waals surface area contributed by atoms with E-state index in [0.29, 0.717) is 11.3 Å². The number of rotatable bonds is 9. The van der Waals surface area contributed by atoms with Gasteiger partial charge in [-0.15, -0.1) is 0 Å². The number of piperazine rings is 1. The van der Waals surface area contributed by atoms with E-state index < -0.39 is 15.8 Å². The number of amides is 1. The highest BCUT2D eigenvalue weighted by molar-refractivity contribution is 7.92. The van der Waals surface area contributed by atoms with E-state index in [1.54, 1.807) is 0 Å². The van der Waals surface area contributed by atoms with E-state index in [9.17, 15) is 17.6 Å². The van der Waals surface area contributed by atoms with E-state index in [4.69, 9.17) is 0 Å². The van der Waals surface area contributed by atoms with Crippen LogP contribution in [0.1, 0.15) is 21.5 Å². The molecule has 2 N–H and O–H groups in total. The Balaban J connectivity index is 1.11. The molecule has 1 aliphatic rings. The fraction of sp³-hybridized carbons (Fsp3) is 0.194. The average molecular weight is 559 g/mol. The fourth-order valence-electron chi connectivity index (χ4n) is 4.62. The molecule has 4 aromatic rings. The zero-order valence-electron chi connectivity index (χ0n) is 22.0. The zero-order chi connectivity index (χ0) is 28.0. The van der Waals surface area contributed by atoms with Gasteiger partial charge in [-0.25, -0.2) is 12.8 Å². The molecule has 0 radical (unpaired) electrons. The van der Waals surface area contributed by atoms with Gasteiger partial charge in [-0.05, 0) is 71.8 Å². The summed E-state index contributed by atoms with van der Waals surface area (Å²) in [5.41, 5.74) is 3.74. The molecule has 0 aromatic heterocycles. The van der Waals surface area contributed by atoms with Gasteiger partial charge in [0.2, 0.25) is 0 Å². The third kappa shape index (κ3) is 7.32. The van der Waals surface area contributed by atoms with Gasteiger partial charge in [0.15, 0.2) is 0 Å². The average Bonchev–Trinajstić information content (AvgIpc) is 2.96. The smallest absolute Gasteiger partial charge is 0.261 e. The minimum absolute atomic E-state index is 0.0278. The Morgan fingerprint density at radius 2 is 1.20 bits per heavy atom. The maximum Gasteiger partial charge on any atom is 0.261 e. The molecule has 0 unspecified atom stereocenters. The van der Waals surface area contributed by atoms with Crippen LogP contribution in [0.4, 0.5) is 15.8 Å². The summed E-state index contributed by atoms with van der Waals surface area (Å²) in [6.07, 6.45) is 0. The van der Waals surface area contributed by atoms with Crippen molar-refractivity contribution in [3.63, 3.8) is 0 Å². The summed E-state index contributed by atoms with van der Waals surface area (Å²) >= 11 is 0. The van der Waals surface area contributed by atoms with E-state index in [0.717, 1.165) is 44.8 Å². The van der Waals surface area contributed by atoms with Gasteiger partial charge >= 0.3 is 0 Å². The van der Waals surface area contributed by atoms with Crippen LogP contribution in [0.3, 0.4) is 0 Å². The zero-order valence-corrected chi connectivity index (χ0v) is 22.8. The molecular formula is C31H31FN4O3S. The number of hydrogen-bond acceptors (Lipinski definition) is 5. The molecule has 0 spiro atoms. The Kier molecular flexibility index (Phi) is 8.54. The largest absolute Gasteiger partial charge is 0.322 e. The highest BCUT2D eigenvalue weighted by Gasteiger charge is 2.18. The molecule has 1 fully saturated rings. The molecule has 4 aromatic carbocycles. The van der Waals surface area contributed by atoms with Crippen molar-refractivity contribution in [1.82, 2.24) is 9.80 Å². The predicted molar refractivity (Wildman–Crippen MR) is 155 cm³/mol. The van der Waals surface area contributed by atoms with E-state index in [2.05, 4.69) is 44.1 Å². The molecular weight excluding hydrogens is 527 g/mol. The minimum Gasteiger partial charge on any atom is -0.322 e. The molecule has 1 saturated heterocycles. The first-order valence-electron chi connectivity index (χ1n) is 13.1. The lowest BCUT2D eigenvalue weighted by Gasteiger charge is -2.34. The van der Waals surface area contributed by atoms with Crippen molar-refractivity contribution in [2.24, 2.45) is 0 Å². The maximum atomic E-state index is 13.1. The Bertz CT molecular complexity index is 1520. The third-order valence-electron chi connectivity index (χ3n) is 6.86. The molecule has 0 atom stereocenters. The standard InChI is InChI=1S/C31H31FN4O3S/c32-27-10-12-29(13-11-27)34-40(38,39)30-16-14-28(15-17-30)33-31(37)26-8-6-25(7-9-26)23-36-20-18-35(19-21-36)22-24-4-2-1-3-5-24/h1-17,34H,18-23H2,(H,33,37). The monoisotopic (exact) mass is 558 g/mol. The second kappa shape index (κ2) is 12.4. The fourth-order valence-corrected chi connectivity index (χ4v) is 5.68. The Labute approximate surface area is 234 Å². The third-order valence-corrected chi connectivity index (χ3v) is 8.25. The summed E-state index contributed by atoms with van der Waals surface area (Å²) in [7, 11) is -3.85. The Morgan fingerprint density at radius 3 is 1.77 bits per heavy atom. The Hall–Kier alpha value is -4.05. The van der Waals surface area contributed by atoms with Crippen molar-refractivity contribution in [2.45, 2.75) is 18.0 Å². The van der Waals surface area contributed by atoms with Crippen LogP contribution in [0.5, 0.6) is 0 Å². The van der Waals surface area contributed by atoms with Crippen LogP contribution in [-0.2, 0) is 23.1 Å². The lowest BCUT2D eigenvalue weighted by atomic mass is 10.1. The number of hydrogen-bond donors (Lipinski definition) is 2. The van der Waals surface area contributed by atoms with Crippen molar-refractivity contribution < 1.29 is 17.6 Å². The summed E-state index contributed by atoms with van der Waals surface area (Å²) in [6, 6.07) is 29.0. The molecule has 1 heterocycles. The van der Waals surface area contributed by atoms with E-state index in [1.165, 1.54) is 54.1 Å². The van der Waals surface area contributed by atoms with Crippen LogP contribution in [0.25, 0.3) is 0 Å². The van der Waals surface area contributed by atoms with Crippen LogP contribution >= 0.6 is 0 Å². The van der Waals surface area contributed by atoms with Gasteiger partial charge in [0, 0.05) is 56.2 Å². The van der Waals surface area contributed by atoms with Crippen molar-refractivity contribution in [1.29, 1.82) is 0 Å². The van der Waals surface area contributed by atoms with E-state index >= 15 is 0 Å². The molecule has 40 heavy (non-hydrogen) atoms. The van der Waals surface area contributed by atoms with Crippen LogP contribution < -0.4 is 10.0 Å². The number of anilines is 2.